The first-order valence-electron chi connectivity index (χ1n) is 27.4. The molecule has 0 saturated heterocycles. The van der Waals surface area contributed by atoms with Gasteiger partial charge in [0.25, 0.3) is 0 Å². The van der Waals surface area contributed by atoms with E-state index in [2.05, 4.69) is 130 Å². The molecule has 0 aliphatic carbocycles. The lowest BCUT2D eigenvalue weighted by atomic mass is 10.1. The van der Waals surface area contributed by atoms with Crippen LogP contribution in [0.1, 0.15) is 239 Å². The molecule has 1 unspecified atom stereocenters. The average Bonchev–Trinajstić information content (AvgIpc) is 3.33. The molecule has 6 nitrogen and oxygen atoms in total. The van der Waals surface area contributed by atoms with Crippen molar-refractivity contribution in [2.24, 2.45) is 0 Å². The van der Waals surface area contributed by atoms with Crippen LogP contribution in [0.25, 0.3) is 0 Å². The smallest absolute Gasteiger partial charge is 0.306 e. The van der Waals surface area contributed by atoms with Gasteiger partial charge in [0.15, 0.2) is 6.10 Å². The highest BCUT2D eigenvalue weighted by atomic mass is 16.6. The standard InChI is InChI=1S/C61H100O6/c1-4-7-10-13-16-19-22-24-26-28-30-32-34-36-39-42-45-48-51-54-60(63)66-57-58(56-65-59(62)53-50-47-44-41-38-21-18-15-12-9-6-3)67-61(64)55-52-49-46-43-40-37-35-33-31-29-27-25-23-20-17-14-11-8-5-2/h7,10,15-21,23-26,30,32,36,38-39,58H,4-6,8-9,11-14,22,27-29,31,33-35,37,40-57H2,1-3H3/b10-7-,18-15-,19-16-,20-17-,25-23-,26-24-,32-30-,38-21-,39-36-. The molecular formula is C61H100O6. The first-order valence-corrected chi connectivity index (χ1v) is 27.4. The summed E-state index contributed by atoms with van der Waals surface area (Å²) in [7, 11) is 0. The van der Waals surface area contributed by atoms with Crippen LogP contribution in [0.3, 0.4) is 0 Å². The fourth-order valence-electron chi connectivity index (χ4n) is 7.14. The molecule has 0 bridgehead atoms. The van der Waals surface area contributed by atoms with Crippen molar-refractivity contribution in [3.05, 3.63) is 109 Å². The fraction of sp³-hybridized carbons (Fsp3) is 0.656. The number of carbonyl (C=O) groups excluding carboxylic acids is 3. The minimum Gasteiger partial charge on any atom is -0.462 e. The molecule has 380 valence electrons. The maximum atomic E-state index is 12.8. The van der Waals surface area contributed by atoms with E-state index in [0.29, 0.717) is 19.3 Å². The summed E-state index contributed by atoms with van der Waals surface area (Å²) in [5, 5.41) is 0. The van der Waals surface area contributed by atoms with E-state index in [1.54, 1.807) is 0 Å². The molecule has 6 heteroatoms. The summed E-state index contributed by atoms with van der Waals surface area (Å²) >= 11 is 0. The Morgan fingerprint density at radius 2 is 0.642 bits per heavy atom. The molecule has 0 aromatic rings. The van der Waals surface area contributed by atoms with Crippen molar-refractivity contribution in [3.63, 3.8) is 0 Å². The van der Waals surface area contributed by atoms with Crippen LogP contribution < -0.4 is 0 Å². The molecule has 0 amide bonds. The Balaban J connectivity index is 4.45. The van der Waals surface area contributed by atoms with Crippen LogP contribution >= 0.6 is 0 Å². The fourth-order valence-corrected chi connectivity index (χ4v) is 7.14. The summed E-state index contributed by atoms with van der Waals surface area (Å²) < 4.78 is 16.8. The van der Waals surface area contributed by atoms with E-state index >= 15 is 0 Å². The zero-order chi connectivity index (χ0) is 48.6. The molecule has 0 aromatic heterocycles. The number of esters is 3. The Labute approximate surface area is 412 Å². The Kier molecular flexibility index (Phi) is 51.5. The van der Waals surface area contributed by atoms with Crippen molar-refractivity contribution in [1.82, 2.24) is 0 Å². The van der Waals surface area contributed by atoms with E-state index in [4.69, 9.17) is 14.2 Å². The van der Waals surface area contributed by atoms with Gasteiger partial charge in [-0.25, -0.2) is 0 Å². The molecule has 0 rings (SSSR count). The number of hydrogen-bond donors (Lipinski definition) is 0. The zero-order valence-corrected chi connectivity index (χ0v) is 43.4. The van der Waals surface area contributed by atoms with Gasteiger partial charge in [-0.1, -0.05) is 220 Å². The highest BCUT2D eigenvalue weighted by Gasteiger charge is 2.19. The highest BCUT2D eigenvalue weighted by molar-refractivity contribution is 5.71. The Bertz CT molecular complexity index is 1390. The Hall–Kier alpha value is -3.93. The van der Waals surface area contributed by atoms with Crippen LogP contribution in [-0.4, -0.2) is 37.2 Å². The first-order chi connectivity index (χ1) is 33.0. The molecular weight excluding hydrogens is 829 g/mol. The van der Waals surface area contributed by atoms with Gasteiger partial charge < -0.3 is 14.2 Å². The molecule has 67 heavy (non-hydrogen) atoms. The minimum atomic E-state index is -0.806. The van der Waals surface area contributed by atoms with Crippen LogP contribution in [0, 0.1) is 0 Å². The zero-order valence-electron chi connectivity index (χ0n) is 43.4. The summed E-state index contributed by atoms with van der Waals surface area (Å²) in [5.41, 5.74) is 0. The summed E-state index contributed by atoms with van der Waals surface area (Å²) in [6.45, 7) is 6.38. The summed E-state index contributed by atoms with van der Waals surface area (Å²) in [6, 6.07) is 0. The second-order valence-corrected chi connectivity index (χ2v) is 17.8. The molecule has 0 fully saturated rings. The van der Waals surface area contributed by atoms with E-state index in [9.17, 15) is 14.4 Å². The van der Waals surface area contributed by atoms with Gasteiger partial charge in [0.05, 0.1) is 0 Å². The third kappa shape index (κ3) is 52.9. The lowest BCUT2D eigenvalue weighted by molar-refractivity contribution is -0.167. The van der Waals surface area contributed by atoms with Crippen molar-refractivity contribution >= 4 is 17.9 Å². The number of unbranched alkanes of at least 4 members (excludes halogenated alkanes) is 21. The molecule has 0 radical (unpaired) electrons. The predicted molar refractivity (Wildman–Crippen MR) is 288 cm³/mol. The largest absolute Gasteiger partial charge is 0.462 e. The van der Waals surface area contributed by atoms with Gasteiger partial charge >= 0.3 is 17.9 Å². The van der Waals surface area contributed by atoms with Gasteiger partial charge in [0.1, 0.15) is 13.2 Å². The van der Waals surface area contributed by atoms with Crippen LogP contribution in [0.4, 0.5) is 0 Å². The van der Waals surface area contributed by atoms with E-state index in [0.717, 1.165) is 109 Å². The normalized spacial score (nSPS) is 12.9. The van der Waals surface area contributed by atoms with E-state index in [1.165, 1.54) is 89.9 Å². The predicted octanol–water partition coefficient (Wildman–Crippen LogP) is 18.3. The molecule has 0 saturated carbocycles. The third-order valence-electron chi connectivity index (χ3n) is 11.3. The van der Waals surface area contributed by atoms with Crippen LogP contribution in [-0.2, 0) is 28.6 Å². The highest BCUT2D eigenvalue weighted by Crippen LogP contribution is 2.14. The van der Waals surface area contributed by atoms with Gasteiger partial charge in [0.2, 0.25) is 0 Å². The molecule has 0 spiro atoms. The van der Waals surface area contributed by atoms with Gasteiger partial charge in [-0.05, 0) is 109 Å². The Morgan fingerprint density at radius 1 is 0.328 bits per heavy atom. The lowest BCUT2D eigenvalue weighted by Crippen LogP contribution is -2.30. The van der Waals surface area contributed by atoms with E-state index < -0.39 is 6.10 Å². The quantitative estimate of drug-likeness (QED) is 0.0199. The van der Waals surface area contributed by atoms with Crippen molar-refractivity contribution in [3.8, 4) is 0 Å². The van der Waals surface area contributed by atoms with Crippen LogP contribution in [0.15, 0.2) is 109 Å². The third-order valence-corrected chi connectivity index (χ3v) is 11.3. The summed E-state index contributed by atoms with van der Waals surface area (Å²) in [4.78, 5) is 38.0. The lowest BCUT2D eigenvalue weighted by Gasteiger charge is -2.18. The van der Waals surface area contributed by atoms with Crippen molar-refractivity contribution < 1.29 is 28.6 Å². The van der Waals surface area contributed by atoms with Gasteiger partial charge in [-0.15, -0.1) is 0 Å². The van der Waals surface area contributed by atoms with Gasteiger partial charge in [-0.3, -0.25) is 14.4 Å². The average molecular weight is 929 g/mol. The second kappa shape index (κ2) is 54.7. The second-order valence-electron chi connectivity index (χ2n) is 17.8. The first kappa shape index (κ1) is 63.1. The SMILES string of the molecule is CC/C=C\C/C=C\C/C=C\C/C=C\C/C=C\CCCCCC(=O)OCC(COC(=O)CCCCC/C=C\C=C/CCCC)OC(=O)CCCCCCCCCCCC/C=C\C=C/CCCCC. The maximum absolute atomic E-state index is 12.8. The molecule has 0 N–H and O–H groups in total. The molecule has 1 atom stereocenters. The van der Waals surface area contributed by atoms with E-state index in [-0.39, 0.29) is 31.1 Å². The molecule has 0 aliphatic heterocycles. The molecule has 0 aromatic carbocycles. The van der Waals surface area contributed by atoms with Gasteiger partial charge in [0, 0.05) is 19.3 Å². The minimum absolute atomic E-state index is 0.106. The van der Waals surface area contributed by atoms with Crippen LogP contribution in [0.2, 0.25) is 0 Å². The number of allylic oxidation sites excluding steroid dienone is 18. The van der Waals surface area contributed by atoms with Crippen LogP contribution in [0.5, 0.6) is 0 Å². The molecule has 0 heterocycles. The van der Waals surface area contributed by atoms with Crippen molar-refractivity contribution in [1.29, 1.82) is 0 Å². The van der Waals surface area contributed by atoms with E-state index in [1.807, 2.05) is 0 Å². The monoisotopic (exact) mass is 929 g/mol. The number of hydrogen-bond acceptors (Lipinski definition) is 6. The van der Waals surface area contributed by atoms with Crippen molar-refractivity contribution in [2.45, 2.75) is 245 Å². The summed E-state index contributed by atoms with van der Waals surface area (Å²) in [5.74, 6) is -0.970. The number of carbonyl (C=O) groups is 3. The number of rotatable bonds is 48. The summed E-state index contributed by atoms with van der Waals surface area (Å²) in [6.07, 6.45) is 73.6. The maximum Gasteiger partial charge on any atom is 0.306 e. The Morgan fingerprint density at radius 3 is 1.06 bits per heavy atom. The molecule has 0 aliphatic rings. The van der Waals surface area contributed by atoms with Crippen molar-refractivity contribution in [2.75, 3.05) is 13.2 Å². The number of ether oxygens (including phenoxy) is 3. The van der Waals surface area contributed by atoms with Gasteiger partial charge in [-0.2, -0.15) is 0 Å². The topological polar surface area (TPSA) is 78.9 Å².